The number of nitrogens with one attached hydrogen (secondary N) is 1. The van der Waals surface area contributed by atoms with Crippen LogP contribution in [0.3, 0.4) is 0 Å². The summed E-state index contributed by atoms with van der Waals surface area (Å²) in [4.78, 5) is 0. The fraction of sp³-hybridized carbons (Fsp3) is 0.438. The molecule has 21 heavy (non-hydrogen) atoms. The summed E-state index contributed by atoms with van der Waals surface area (Å²) < 4.78 is 1.97. The van der Waals surface area contributed by atoms with Gasteiger partial charge in [0, 0.05) is 17.2 Å². The van der Waals surface area contributed by atoms with Crippen molar-refractivity contribution in [2.45, 2.75) is 37.0 Å². The highest BCUT2D eigenvalue weighted by Gasteiger charge is 2.20. The van der Waals surface area contributed by atoms with Gasteiger partial charge in [0.25, 0.3) is 0 Å². The molecule has 1 aromatic carbocycles. The Labute approximate surface area is 130 Å². The average molecular weight is 302 g/mol. The topological polar surface area (TPSA) is 55.9 Å². The van der Waals surface area contributed by atoms with Crippen LogP contribution in [0, 0.1) is 0 Å². The second-order valence-corrected chi connectivity index (χ2v) is 6.80. The minimum atomic E-state index is 0.123. The first-order valence-corrected chi connectivity index (χ1v) is 8.60. The Kier molecular flexibility index (Phi) is 4.95. The molecule has 3 rings (SSSR count). The molecule has 0 aliphatic heterocycles. The van der Waals surface area contributed by atoms with Crippen LogP contribution in [-0.4, -0.2) is 20.8 Å². The van der Waals surface area contributed by atoms with E-state index in [0.29, 0.717) is 0 Å². The molecule has 1 aliphatic carbocycles. The molecular formula is C16H22N4S. The number of benzene rings is 1. The number of nitrogens with two attached hydrogens (primary N) is 1. The fourth-order valence-corrected chi connectivity index (χ4v) is 4.27. The number of rotatable bonds is 6. The lowest BCUT2D eigenvalue weighted by Gasteiger charge is -2.19. The van der Waals surface area contributed by atoms with E-state index in [-0.39, 0.29) is 6.04 Å². The maximum Gasteiger partial charge on any atom is 0.0723 e. The molecule has 0 radical (unpaired) electrons. The van der Waals surface area contributed by atoms with E-state index >= 15 is 0 Å². The molecule has 1 unspecified atom stereocenters. The molecule has 112 valence electrons. The van der Waals surface area contributed by atoms with Gasteiger partial charge in [-0.15, -0.1) is 0 Å². The second kappa shape index (κ2) is 7.11. The van der Waals surface area contributed by atoms with Crippen LogP contribution in [0.4, 0.5) is 0 Å². The Morgan fingerprint density at radius 1 is 1.24 bits per heavy atom. The Morgan fingerprint density at radius 3 is 2.71 bits per heavy atom. The van der Waals surface area contributed by atoms with Crippen molar-refractivity contribution in [3.63, 3.8) is 0 Å². The van der Waals surface area contributed by atoms with Crippen molar-refractivity contribution in [1.29, 1.82) is 0 Å². The molecule has 0 amide bonds. The molecule has 1 aromatic heterocycles. The van der Waals surface area contributed by atoms with Crippen LogP contribution in [0.25, 0.3) is 5.69 Å². The summed E-state index contributed by atoms with van der Waals surface area (Å²) in [7, 11) is 0. The number of hydrazine groups is 1. The minimum Gasteiger partial charge on any atom is -0.271 e. The zero-order chi connectivity index (χ0) is 14.5. The number of hydrogen-bond acceptors (Lipinski definition) is 4. The van der Waals surface area contributed by atoms with Gasteiger partial charge in [0.05, 0.1) is 17.4 Å². The fourth-order valence-electron chi connectivity index (χ4n) is 2.87. The van der Waals surface area contributed by atoms with Crippen molar-refractivity contribution in [1.82, 2.24) is 15.2 Å². The number of para-hydroxylation sites is 1. The minimum absolute atomic E-state index is 0.123. The third-order valence-electron chi connectivity index (χ3n) is 4.03. The number of aromatic nitrogens is 2. The third kappa shape index (κ3) is 3.48. The molecule has 1 saturated carbocycles. The van der Waals surface area contributed by atoms with Crippen LogP contribution in [0.2, 0.25) is 0 Å². The van der Waals surface area contributed by atoms with Crippen LogP contribution in [0.5, 0.6) is 0 Å². The van der Waals surface area contributed by atoms with E-state index in [4.69, 9.17) is 5.84 Å². The predicted octanol–water partition coefficient (Wildman–Crippen LogP) is 3.05. The van der Waals surface area contributed by atoms with E-state index in [1.54, 1.807) is 0 Å². The summed E-state index contributed by atoms with van der Waals surface area (Å²) in [6, 6.07) is 12.4. The van der Waals surface area contributed by atoms with Crippen molar-refractivity contribution in [3.8, 4) is 5.69 Å². The van der Waals surface area contributed by atoms with Crippen molar-refractivity contribution < 1.29 is 0 Å². The van der Waals surface area contributed by atoms with Crippen LogP contribution < -0.4 is 11.3 Å². The highest BCUT2D eigenvalue weighted by Crippen LogP contribution is 2.32. The molecule has 0 saturated heterocycles. The standard InChI is InChI=1S/C16H22N4S/c17-19-15(12-21-14-8-4-5-9-14)16-10-11-18-20(16)13-6-2-1-3-7-13/h1-3,6-7,10-11,14-15,19H,4-5,8-9,12,17H2. The zero-order valence-corrected chi connectivity index (χ0v) is 12.9. The molecule has 5 heteroatoms. The molecule has 3 N–H and O–H groups in total. The van der Waals surface area contributed by atoms with E-state index in [1.807, 2.05) is 46.9 Å². The maximum absolute atomic E-state index is 5.79. The second-order valence-electron chi connectivity index (χ2n) is 5.46. The highest BCUT2D eigenvalue weighted by molar-refractivity contribution is 7.99. The lowest BCUT2D eigenvalue weighted by Crippen LogP contribution is -2.31. The summed E-state index contributed by atoms with van der Waals surface area (Å²) in [6.07, 6.45) is 7.29. The van der Waals surface area contributed by atoms with Crippen LogP contribution >= 0.6 is 11.8 Å². The smallest absolute Gasteiger partial charge is 0.0723 e. The summed E-state index contributed by atoms with van der Waals surface area (Å²) >= 11 is 2.04. The van der Waals surface area contributed by atoms with Crippen molar-refractivity contribution >= 4 is 11.8 Å². The largest absolute Gasteiger partial charge is 0.271 e. The Hall–Kier alpha value is -1.30. The molecule has 0 bridgehead atoms. The average Bonchev–Trinajstić information content (AvgIpc) is 3.20. The summed E-state index contributed by atoms with van der Waals surface area (Å²) in [5.41, 5.74) is 5.15. The summed E-state index contributed by atoms with van der Waals surface area (Å²) in [5.74, 6) is 6.78. The summed E-state index contributed by atoms with van der Waals surface area (Å²) in [5, 5.41) is 5.25. The van der Waals surface area contributed by atoms with Gasteiger partial charge in [0.2, 0.25) is 0 Å². The van der Waals surface area contributed by atoms with Gasteiger partial charge >= 0.3 is 0 Å². The number of nitrogens with zero attached hydrogens (tertiary/aromatic N) is 2. The predicted molar refractivity (Wildman–Crippen MR) is 88.3 cm³/mol. The van der Waals surface area contributed by atoms with Crippen LogP contribution in [-0.2, 0) is 0 Å². The lowest BCUT2D eigenvalue weighted by atomic mass is 10.2. The van der Waals surface area contributed by atoms with Crippen molar-refractivity contribution in [2.24, 2.45) is 5.84 Å². The number of hydrogen-bond donors (Lipinski definition) is 2. The van der Waals surface area contributed by atoms with Gasteiger partial charge in [-0.2, -0.15) is 16.9 Å². The molecule has 2 aromatic rings. The van der Waals surface area contributed by atoms with E-state index in [1.165, 1.54) is 25.7 Å². The first kappa shape index (κ1) is 14.6. The van der Waals surface area contributed by atoms with E-state index in [0.717, 1.165) is 22.4 Å². The van der Waals surface area contributed by atoms with Crippen LogP contribution in [0.1, 0.15) is 37.4 Å². The third-order valence-corrected chi connectivity index (χ3v) is 5.50. The highest BCUT2D eigenvalue weighted by atomic mass is 32.2. The van der Waals surface area contributed by atoms with Gasteiger partial charge in [0.15, 0.2) is 0 Å². The van der Waals surface area contributed by atoms with Gasteiger partial charge in [-0.05, 0) is 31.0 Å². The maximum atomic E-state index is 5.79. The molecular weight excluding hydrogens is 280 g/mol. The molecule has 0 spiro atoms. The van der Waals surface area contributed by atoms with Crippen molar-refractivity contribution in [2.75, 3.05) is 5.75 Å². The van der Waals surface area contributed by atoms with Gasteiger partial charge in [0.1, 0.15) is 0 Å². The Morgan fingerprint density at radius 2 is 2.00 bits per heavy atom. The summed E-state index contributed by atoms with van der Waals surface area (Å²) in [6.45, 7) is 0. The van der Waals surface area contributed by atoms with E-state index in [2.05, 4.69) is 22.7 Å². The van der Waals surface area contributed by atoms with E-state index < -0.39 is 0 Å². The molecule has 1 fully saturated rings. The lowest BCUT2D eigenvalue weighted by molar-refractivity contribution is 0.573. The molecule has 1 heterocycles. The quantitative estimate of drug-likeness (QED) is 0.636. The van der Waals surface area contributed by atoms with Gasteiger partial charge < -0.3 is 0 Å². The molecule has 4 nitrogen and oxygen atoms in total. The van der Waals surface area contributed by atoms with Gasteiger partial charge in [-0.1, -0.05) is 31.0 Å². The Bertz CT molecular complexity index is 548. The van der Waals surface area contributed by atoms with Gasteiger partial charge in [-0.25, -0.2) is 4.68 Å². The number of thioether (sulfide) groups is 1. The SMILES string of the molecule is NNC(CSC1CCCC1)c1ccnn1-c1ccccc1. The van der Waals surface area contributed by atoms with Crippen molar-refractivity contribution in [3.05, 3.63) is 48.3 Å². The normalized spacial score (nSPS) is 17.2. The zero-order valence-electron chi connectivity index (χ0n) is 12.1. The molecule has 1 atom stereocenters. The Balaban J connectivity index is 1.73. The first-order chi connectivity index (χ1) is 10.4. The van der Waals surface area contributed by atoms with Crippen LogP contribution in [0.15, 0.2) is 42.6 Å². The molecule has 1 aliphatic rings. The van der Waals surface area contributed by atoms with E-state index in [9.17, 15) is 0 Å². The first-order valence-electron chi connectivity index (χ1n) is 7.55. The monoisotopic (exact) mass is 302 g/mol. The van der Waals surface area contributed by atoms with Gasteiger partial charge in [-0.3, -0.25) is 11.3 Å².